The van der Waals surface area contributed by atoms with Gasteiger partial charge in [-0.1, -0.05) is 30.9 Å². The van der Waals surface area contributed by atoms with Crippen molar-refractivity contribution in [1.82, 2.24) is 4.98 Å². The molecule has 94 valence electrons. The summed E-state index contributed by atoms with van der Waals surface area (Å²) in [4.78, 5) is 4.24. The minimum atomic E-state index is -0.306. The number of nitrogens with zero attached hydrogens (tertiary/aromatic N) is 1. The number of aliphatic hydroxyl groups excluding tert-OH is 1. The van der Waals surface area contributed by atoms with Gasteiger partial charge in [0.2, 0.25) is 0 Å². The van der Waals surface area contributed by atoms with Crippen molar-refractivity contribution in [1.29, 1.82) is 0 Å². The van der Waals surface area contributed by atoms with Crippen molar-refractivity contribution in [3.05, 3.63) is 21.8 Å². The largest absolute Gasteiger partial charge is 0.391 e. The summed E-state index contributed by atoms with van der Waals surface area (Å²) in [5, 5.41) is 13.8. The molecular weight excluding hydrogens is 304 g/mol. The van der Waals surface area contributed by atoms with E-state index < -0.39 is 0 Å². The second-order valence-electron chi connectivity index (χ2n) is 4.44. The molecule has 0 amide bonds. The zero-order valence-electron chi connectivity index (χ0n) is 9.50. The highest BCUT2D eigenvalue weighted by Crippen LogP contribution is 2.26. The number of aliphatic hydroxyl groups is 1. The van der Waals surface area contributed by atoms with Crippen LogP contribution in [0.1, 0.15) is 32.1 Å². The van der Waals surface area contributed by atoms with Crippen molar-refractivity contribution in [3.63, 3.8) is 0 Å². The van der Waals surface area contributed by atoms with E-state index >= 15 is 0 Å². The smallest absolute Gasteiger partial charge is 0.145 e. The van der Waals surface area contributed by atoms with Crippen molar-refractivity contribution >= 4 is 33.3 Å². The van der Waals surface area contributed by atoms with Gasteiger partial charge in [-0.3, -0.25) is 0 Å². The fraction of sp³-hybridized carbons (Fsp3) is 0.583. The molecule has 0 bridgehead atoms. The number of anilines is 1. The van der Waals surface area contributed by atoms with E-state index in [0.29, 0.717) is 10.8 Å². The molecule has 1 saturated carbocycles. The maximum atomic E-state index is 10.0. The molecule has 1 aliphatic rings. The second kappa shape index (κ2) is 6.03. The Hall–Kier alpha value is -0.320. The van der Waals surface area contributed by atoms with E-state index in [0.717, 1.165) is 30.2 Å². The molecule has 17 heavy (non-hydrogen) atoms. The second-order valence-corrected chi connectivity index (χ2v) is 5.76. The predicted molar refractivity (Wildman–Crippen MR) is 73.4 cm³/mol. The number of hydrogen-bond donors (Lipinski definition) is 2. The fourth-order valence-corrected chi connectivity index (χ4v) is 2.84. The Labute approximate surface area is 115 Å². The van der Waals surface area contributed by atoms with Crippen molar-refractivity contribution in [2.24, 2.45) is 0 Å². The van der Waals surface area contributed by atoms with Gasteiger partial charge in [0.15, 0.2) is 0 Å². The van der Waals surface area contributed by atoms with Gasteiger partial charge in [0.25, 0.3) is 0 Å². The minimum Gasteiger partial charge on any atom is -0.391 e. The van der Waals surface area contributed by atoms with Gasteiger partial charge in [-0.2, -0.15) is 0 Å². The van der Waals surface area contributed by atoms with Crippen LogP contribution in [0.25, 0.3) is 0 Å². The van der Waals surface area contributed by atoms with Crippen LogP contribution >= 0.6 is 27.5 Å². The van der Waals surface area contributed by atoms with Gasteiger partial charge in [0, 0.05) is 10.7 Å². The molecule has 0 spiro atoms. The summed E-state index contributed by atoms with van der Waals surface area (Å²) in [6.45, 7) is 0. The zero-order valence-corrected chi connectivity index (χ0v) is 11.8. The Morgan fingerprint density at radius 2 is 2.12 bits per heavy atom. The topological polar surface area (TPSA) is 45.1 Å². The lowest BCUT2D eigenvalue weighted by molar-refractivity contribution is 0.144. The molecule has 2 atom stereocenters. The van der Waals surface area contributed by atoms with E-state index in [1.807, 2.05) is 0 Å². The van der Waals surface area contributed by atoms with Gasteiger partial charge in [0.05, 0.1) is 17.2 Å². The Kier molecular flexibility index (Phi) is 4.65. The Bertz CT molecular complexity index is 389. The molecule has 1 aromatic rings. The normalized spacial score (nSPS) is 25.4. The van der Waals surface area contributed by atoms with Crippen LogP contribution in [-0.2, 0) is 0 Å². The molecule has 0 saturated heterocycles. The highest BCUT2D eigenvalue weighted by atomic mass is 79.9. The summed E-state index contributed by atoms with van der Waals surface area (Å²) in [5.41, 5.74) is 0. The maximum Gasteiger partial charge on any atom is 0.145 e. The molecule has 1 heterocycles. The number of rotatable bonds is 2. The highest BCUT2D eigenvalue weighted by molar-refractivity contribution is 9.10. The third-order valence-corrected chi connectivity index (χ3v) is 3.83. The first-order valence-corrected chi connectivity index (χ1v) is 7.09. The lowest BCUT2D eigenvalue weighted by Gasteiger charge is -2.22. The molecule has 5 heteroatoms. The average molecular weight is 320 g/mol. The number of hydrogen-bond acceptors (Lipinski definition) is 3. The summed E-state index contributed by atoms with van der Waals surface area (Å²) in [6, 6.07) is 1.86. The maximum absolute atomic E-state index is 10.0. The first-order chi connectivity index (χ1) is 8.16. The van der Waals surface area contributed by atoms with Gasteiger partial charge in [-0.05, 0) is 34.8 Å². The fourth-order valence-electron chi connectivity index (χ4n) is 2.15. The van der Waals surface area contributed by atoms with Crippen molar-refractivity contribution in [2.75, 3.05) is 5.32 Å². The monoisotopic (exact) mass is 318 g/mol. The first kappa shape index (κ1) is 13.1. The van der Waals surface area contributed by atoms with E-state index in [1.165, 1.54) is 6.42 Å². The number of pyridine rings is 1. The Morgan fingerprint density at radius 3 is 2.88 bits per heavy atom. The van der Waals surface area contributed by atoms with E-state index in [1.54, 1.807) is 12.3 Å². The Morgan fingerprint density at radius 1 is 1.35 bits per heavy atom. The van der Waals surface area contributed by atoms with E-state index in [4.69, 9.17) is 11.6 Å². The standard InChI is InChI=1S/C12H16BrClN2O/c13-8-6-9(14)12(15-7-8)16-10-4-2-1-3-5-11(10)17/h6-7,10-11,17H,1-5H2,(H,15,16). The molecule has 1 aromatic heterocycles. The van der Waals surface area contributed by atoms with Gasteiger partial charge in [0.1, 0.15) is 5.82 Å². The molecular formula is C12H16BrClN2O. The third kappa shape index (κ3) is 3.57. The number of nitrogens with one attached hydrogen (secondary N) is 1. The number of halogens is 2. The lowest BCUT2D eigenvalue weighted by Crippen LogP contribution is -2.32. The van der Waals surface area contributed by atoms with Crippen LogP contribution in [0.15, 0.2) is 16.7 Å². The highest BCUT2D eigenvalue weighted by Gasteiger charge is 2.22. The molecule has 1 fully saturated rings. The van der Waals surface area contributed by atoms with Gasteiger partial charge >= 0.3 is 0 Å². The summed E-state index contributed by atoms with van der Waals surface area (Å²) in [7, 11) is 0. The third-order valence-electron chi connectivity index (χ3n) is 3.11. The van der Waals surface area contributed by atoms with Crippen LogP contribution in [-0.4, -0.2) is 22.2 Å². The van der Waals surface area contributed by atoms with Crippen LogP contribution in [0.5, 0.6) is 0 Å². The lowest BCUT2D eigenvalue weighted by atomic mass is 10.1. The molecule has 2 N–H and O–H groups in total. The van der Waals surface area contributed by atoms with E-state index in [-0.39, 0.29) is 12.1 Å². The molecule has 0 radical (unpaired) electrons. The Balaban J connectivity index is 2.08. The minimum absolute atomic E-state index is 0.0590. The van der Waals surface area contributed by atoms with Crippen LogP contribution in [0.3, 0.4) is 0 Å². The average Bonchev–Trinajstić information content (AvgIpc) is 2.48. The summed E-state index contributed by atoms with van der Waals surface area (Å²) in [5.74, 6) is 0.654. The van der Waals surface area contributed by atoms with Crippen LogP contribution < -0.4 is 5.32 Å². The molecule has 2 unspecified atom stereocenters. The predicted octanol–water partition coefficient (Wildman–Crippen LogP) is 3.60. The summed E-state index contributed by atoms with van der Waals surface area (Å²) < 4.78 is 0.856. The van der Waals surface area contributed by atoms with Gasteiger partial charge < -0.3 is 10.4 Å². The van der Waals surface area contributed by atoms with Crippen LogP contribution in [0.4, 0.5) is 5.82 Å². The number of aromatic nitrogens is 1. The van der Waals surface area contributed by atoms with E-state index in [2.05, 4.69) is 26.2 Å². The van der Waals surface area contributed by atoms with Crippen LogP contribution in [0, 0.1) is 0 Å². The van der Waals surface area contributed by atoms with Gasteiger partial charge in [-0.25, -0.2) is 4.98 Å². The molecule has 1 aliphatic carbocycles. The van der Waals surface area contributed by atoms with Crippen molar-refractivity contribution < 1.29 is 5.11 Å². The SMILES string of the molecule is OC1CCCCCC1Nc1ncc(Br)cc1Cl. The zero-order chi connectivity index (χ0) is 12.3. The van der Waals surface area contributed by atoms with Crippen molar-refractivity contribution in [3.8, 4) is 0 Å². The molecule has 0 aromatic carbocycles. The molecule has 2 rings (SSSR count). The van der Waals surface area contributed by atoms with Gasteiger partial charge in [-0.15, -0.1) is 0 Å². The summed E-state index contributed by atoms with van der Waals surface area (Å²) >= 11 is 9.42. The summed E-state index contributed by atoms with van der Waals surface area (Å²) in [6.07, 6.45) is 6.65. The molecule has 0 aliphatic heterocycles. The first-order valence-electron chi connectivity index (χ1n) is 5.92. The quantitative estimate of drug-likeness (QED) is 0.819. The van der Waals surface area contributed by atoms with Crippen molar-refractivity contribution in [2.45, 2.75) is 44.2 Å². The molecule has 3 nitrogen and oxygen atoms in total. The van der Waals surface area contributed by atoms with Crippen LogP contribution in [0.2, 0.25) is 5.02 Å². The van der Waals surface area contributed by atoms with E-state index in [9.17, 15) is 5.11 Å².